The number of ether oxygens (including phenoxy) is 1. The summed E-state index contributed by atoms with van der Waals surface area (Å²) in [6.45, 7) is 3.22. The highest BCUT2D eigenvalue weighted by Gasteiger charge is 2.38. The van der Waals surface area contributed by atoms with Gasteiger partial charge in [-0.1, -0.05) is 22.9 Å². The van der Waals surface area contributed by atoms with Crippen molar-refractivity contribution in [2.75, 3.05) is 18.5 Å². The summed E-state index contributed by atoms with van der Waals surface area (Å²) in [4.78, 5) is 24.6. The van der Waals surface area contributed by atoms with Gasteiger partial charge in [-0.25, -0.2) is 8.42 Å². The minimum absolute atomic E-state index is 0.127. The number of sulfonamides is 1. The number of hydrogen-bond donors (Lipinski definition) is 1. The van der Waals surface area contributed by atoms with E-state index in [0.29, 0.717) is 25.0 Å². The van der Waals surface area contributed by atoms with E-state index in [0.717, 1.165) is 5.56 Å². The molecule has 1 amide bonds. The van der Waals surface area contributed by atoms with Gasteiger partial charge in [0, 0.05) is 12.6 Å². The zero-order valence-corrected chi connectivity index (χ0v) is 17.1. The molecule has 10 heteroatoms. The molecular formula is C19H23N3O6S. The Bertz CT molecular complexity index is 984. The number of piperidine rings is 1. The maximum absolute atomic E-state index is 13.0. The molecule has 0 bridgehead atoms. The SMILES string of the molecule is Cc1ccc(S(=O)(=O)N2CCCC[C@@H]2C(=O)OCC(=O)Nc2cc(C)on2)cc1. The first kappa shape index (κ1) is 21.0. The van der Waals surface area contributed by atoms with E-state index in [4.69, 9.17) is 9.26 Å². The quantitative estimate of drug-likeness (QED) is 0.709. The Morgan fingerprint density at radius 2 is 1.97 bits per heavy atom. The zero-order valence-electron chi connectivity index (χ0n) is 16.3. The van der Waals surface area contributed by atoms with E-state index in [2.05, 4.69) is 10.5 Å². The maximum atomic E-state index is 13.0. The lowest BCUT2D eigenvalue weighted by Crippen LogP contribution is -2.48. The van der Waals surface area contributed by atoms with E-state index in [1.54, 1.807) is 19.1 Å². The average molecular weight is 421 g/mol. The summed E-state index contributed by atoms with van der Waals surface area (Å²) < 4.78 is 37.1. The normalized spacial score (nSPS) is 17.7. The van der Waals surface area contributed by atoms with E-state index in [1.165, 1.54) is 22.5 Å². The minimum atomic E-state index is -3.85. The van der Waals surface area contributed by atoms with Crippen LogP contribution in [0.5, 0.6) is 0 Å². The summed E-state index contributed by atoms with van der Waals surface area (Å²) >= 11 is 0. The van der Waals surface area contributed by atoms with Crippen molar-refractivity contribution in [2.24, 2.45) is 0 Å². The highest BCUT2D eigenvalue weighted by atomic mass is 32.2. The maximum Gasteiger partial charge on any atom is 0.324 e. The minimum Gasteiger partial charge on any atom is -0.454 e. The molecule has 0 radical (unpaired) electrons. The molecular weight excluding hydrogens is 398 g/mol. The van der Waals surface area contributed by atoms with Gasteiger partial charge in [-0.15, -0.1) is 0 Å². The average Bonchev–Trinajstić information content (AvgIpc) is 3.11. The van der Waals surface area contributed by atoms with Crippen molar-refractivity contribution >= 4 is 27.7 Å². The van der Waals surface area contributed by atoms with Crippen LogP contribution in [0, 0.1) is 13.8 Å². The van der Waals surface area contributed by atoms with E-state index < -0.39 is 34.5 Å². The van der Waals surface area contributed by atoms with Gasteiger partial charge in [0.05, 0.1) is 4.90 Å². The Balaban J connectivity index is 1.66. The molecule has 1 aromatic carbocycles. The first-order valence-electron chi connectivity index (χ1n) is 9.26. The first-order chi connectivity index (χ1) is 13.8. The molecule has 2 aromatic rings. The van der Waals surface area contributed by atoms with Gasteiger partial charge >= 0.3 is 5.97 Å². The van der Waals surface area contributed by atoms with Gasteiger partial charge in [0.1, 0.15) is 11.8 Å². The second kappa shape index (κ2) is 8.75. The Morgan fingerprint density at radius 3 is 2.62 bits per heavy atom. The number of amides is 1. The van der Waals surface area contributed by atoms with Crippen molar-refractivity contribution in [3.8, 4) is 0 Å². The van der Waals surface area contributed by atoms with Crippen LogP contribution in [0.4, 0.5) is 5.82 Å². The predicted octanol–water partition coefficient (Wildman–Crippen LogP) is 2.02. The number of esters is 1. The van der Waals surface area contributed by atoms with Crippen LogP contribution in [-0.2, 0) is 24.3 Å². The van der Waals surface area contributed by atoms with Crippen LogP contribution in [0.25, 0.3) is 0 Å². The summed E-state index contributed by atoms with van der Waals surface area (Å²) in [5.41, 5.74) is 0.937. The number of aryl methyl sites for hydroxylation is 2. The summed E-state index contributed by atoms with van der Waals surface area (Å²) in [5.74, 6) is -0.594. The molecule has 1 saturated heterocycles. The lowest BCUT2D eigenvalue weighted by Gasteiger charge is -2.32. The molecule has 29 heavy (non-hydrogen) atoms. The highest BCUT2D eigenvalue weighted by molar-refractivity contribution is 7.89. The third-order valence-electron chi connectivity index (χ3n) is 4.59. The number of aromatic nitrogens is 1. The number of benzene rings is 1. The molecule has 3 rings (SSSR count). The molecule has 1 N–H and O–H groups in total. The van der Waals surface area contributed by atoms with Crippen LogP contribution < -0.4 is 5.32 Å². The van der Waals surface area contributed by atoms with Gasteiger partial charge in [-0.3, -0.25) is 9.59 Å². The summed E-state index contributed by atoms with van der Waals surface area (Å²) in [5, 5.41) is 6.06. The molecule has 1 fully saturated rings. The van der Waals surface area contributed by atoms with Gasteiger partial charge in [0.15, 0.2) is 12.4 Å². The van der Waals surface area contributed by atoms with E-state index in [9.17, 15) is 18.0 Å². The third kappa shape index (κ3) is 5.01. The monoisotopic (exact) mass is 421 g/mol. The number of hydrogen-bond acceptors (Lipinski definition) is 7. The van der Waals surface area contributed by atoms with Gasteiger partial charge in [0.25, 0.3) is 5.91 Å². The lowest BCUT2D eigenvalue weighted by atomic mass is 10.1. The molecule has 1 aliphatic heterocycles. The summed E-state index contributed by atoms with van der Waals surface area (Å²) in [6, 6.07) is 7.03. The van der Waals surface area contributed by atoms with Gasteiger partial charge in [-0.2, -0.15) is 4.31 Å². The Kier molecular flexibility index (Phi) is 6.33. The highest BCUT2D eigenvalue weighted by Crippen LogP contribution is 2.26. The van der Waals surface area contributed by atoms with Gasteiger partial charge in [0.2, 0.25) is 10.0 Å². The second-order valence-electron chi connectivity index (χ2n) is 6.92. The number of rotatable bonds is 6. The topological polar surface area (TPSA) is 119 Å². The van der Waals surface area contributed by atoms with Crippen molar-refractivity contribution in [3.05, 3.63) is 41.7 Å². The zero-order chi connectivity index (χ0) is 21.0. The number of carbonyl (C=O) groups is 2. The van der Waals surface area contributed by atoms with Crippen LogP contribution in [0.3, 0.4) is 0 Å². The van der Waals surface area contributed by atoms with Crippen LogP contribution in [0.15, 0.2) is 39.8 Å². The molecule has 9 nitrogen and oxygen atoms in total. The van der Waals surface area contributed by atoms with E-state index >= 15 is 0 Å². The fourth-order valence-corrected chi connectivity index (χ4v) is 4.76. The largest absolute Gasteiger partial charge is 0.454 e. The molecule has 0 spiro atoms. The number of anilines is 1. The fourth-order valence-electron chi connectivity index (χ4n) is 3.11. The van der Waals surface area contributed by atoms with Crippen molar-refractivity contribution in [1.82, 2.24) is 9.46 Å². The number of carbonyl (C=O) groups excluding carboxylic acids is 2. The molecule has 0 saturated carbocycles. The Labute approximate surface area is 169 Å². The first-order valence-corrected chi connectivity index (χ1v) is 10.7. The van der Waals surface area contributed by atoms with Crippen LogP contribution in [-0.4, -0.2) is 48.9 Å². The fraction of sp³-hybridized carbons (Fsp3) is 0.421. The molecule has 2 heterocycles. The molecule has 1 atom stereocenters. The van der Waals surface area contributed by atoms with Crippen LogP contribution in [0.1, 0.15) is 30.6 Å². The lowest BCUT2D eigenvalue weighted by molar-refractivity contribution is -0.152. The third-order valence-corrected chi connectivity index (χ3v) is 6.52. The van der Waals surface area contributed by atoms with Crippen molar-refractivity contribution in [1.29, 1.82) is 0 Å². The Hall–Kier alpha value is -2.72. The predicted molar refractivity (Wildman–Crippen MR) is 104 cm³/mol. The molecule has 156 valence electrons. The van der Waals surface area contributed by atoms with Crippen molar-refractivity contribution in [2.45, 2.75) is 44.0 Å². The van der Waals surface area contributed by atoms with Crippen molar-refractivity contribution < 1.29 is 27.3 Å². The second-order valence-corrected chi connectivity index (χ2v) is 8.81. The van der Waals surface area contributed by atoms with Crippen molar-refractivity contribution in [3.63, 3.8) is 0 Å². The summed E-state index contributed by atoms with van der Waals surface area (Å²) in [7, 11) is -3.85. The van der Waals surface area contributed by atoms with E-state index in [1.807, 2.05) is 6.92 Å². The standard InChI is InChI=1S/C19H23N3O6S/c1-13-6-8-15(9-7-13)29(25,26)22-10-4-3-5-16(22)19(24)27-12-18(23)20-17-11-14(2)28-21-17/h6-9,11,16H,3-5,10,12H2,1-2H3,(H,20,21,23)/t16-/m1/s1. The van der Waals surface area contributed by atoms with Crippen LogP contribution >= 0.6 is 0 Å². The molecule has 0 unspecified atom stereocenters. The van der Waals surface area contributed by atoms with Gasteiger partial charge in [-0.05, 0) is 45.2 Å². The van der Waals surface area contributed by atoms with E-state index in [-0.39, 0.29) is 17.3 Å². The van der Waals surface area contributed by atoms with Gasteiger partial charge < -0.3 is 14.6 Å². The Morgan fingerprint density at radius 1 is 1.24 bits per heavy atom. The molecule has 1 aromatic heterocycles. The number of nitrogens with zero attached hydrogens (tertiary/aromatic N) is 2. The molecule has 0 aliphatic carbocycles. The van der Waals surface area contributed by atoms with Crippen LogP contribution in [0.2, 0.25) is 0 Å². The summed E-state index contributed by atoms with van der Waals surface area (Å²) in [6.07, 6.45) is 1.69. The number of nitrogens with one attached hydrogen (secondary N) is 1. The molecule has 1 aliphatic rings. The smallest absolute Gasteiger partial charge is 0.324 e.